The number of amides is 2. The number of nitrogens with one attached hydrogen (secondary N) is 1. The van der Waals surface area contributed by atoms with Gasteiger partial charge in [0.05, 0.1) is 35.2 Å². The van der Waals surface area contributed by atoms with Crippen LogP contribution in [-0.4, -0.2) is 44.9 Å². The van der Waals surface area contributed by atoms with E-state index in [2.05, 4.69) is 10.4 Å². The highest BCUT2D eigenvalue weighted by Gasteiger charge is 2.32. The van der Waals surface area contributed by atoms with Gasteiger partial charge in [0.1, 0.15) is 0 Å². The number of piperidine rings is 1. The third-order valence-corrected chi connectivity index (χ3v) is 4.57. The average molecular weight is 396 g/mol. The second kappa shape index (κ2) is 7.53. The molecule has 28 heavy (non-hydrogen) atoms. The van der Waals surface area contributed by atoms with Crippen LogP contribution in [0.1, 0.15) is 18.9 Å². The highest BCUT2D eigenvalue weighted by atomic mass is 19.4. The van der Waals surface area contributed by atoms with E-state index in [0.717, 1.165) is 12.1 Å². The number of halogens is 3. The van der Waals surface area contributed by atoms with Crippen LogP contribution in [0.5, 0.6) is 0 Å². The summed E-state index contributed by atoms with van der Waals surface area (Å²) in [5, 5.41) is 15.8. The Balaban J connectivity index is 1.71. The molecular formula is C18H19F3N4O3. The lowest BCUT2D eigenvalue weighted by molar-refractivity contribution is -0.143. The summed E-state index contributed by atoms with van der Waals surface area (Å²) in [6.45, 7) is 2.41. The Morgan fingerprint density at radius 3 is 2.71 bits per heavy atom. The minimum absolute atomic E-state index is 0.0495. The Morgan fingerprint density at radius 1 is 1.29 bits per heavy atom. The quantitative estimate of drug-likeness (QED) is 0.832. The van der Waals surface area contributed by atoms with Crippen molar-refractivity contribution >= 4 is 17.7 Å². The molecule has 10 heteroatoms. The topological polar surface area (TPSA) is 87.5 Å². The van der Waals surface area contributed by atoms with E-state index in [1.54, 1.807) is 0 Å². The number of carboxylic acids is 1. The Kier molecular flexibility index (Phi) is 5.30. The van der Waals surface area contributed by atoms with Crippen molar-refractivity contribution < 1.29 is 27.9 Å². The molecule has 0 bridgehead atoms. The largest absolute Gasteiger partial charge is 0.481 e. The van der Waals surface area contributed by atoms with Gasteiger partial charge in [0.25, 0.3) is 0 Å². The van der Waals surface area contributed by atoms with E-state index in [4.69, 9.17) is 0 Å². The number of rotatable bonds is 3. The molecule has 2 N–H and O–H groups in total. The molecule has 2 unspecified atom stereocenters. The molecule has 0 spiro atoms. The van der Waals surface area contributed by atoms with Gasteiger partial charge in [0.2, 0.25) is 0 Å². The molecule has 0 aliphatic carbocycles. The van der Waals surface area contributed by atoms with E-state index >= 15 is 0 Å². The minimum Gasteiger partial charge on any atom is -0.481 e. The monoisotopic (exact) mass is 396 g/mol. The number of nitrogens with zero attached hydrogens (tertiary/aromatic N) is 3. The molecule has 0 radical (unpaired) electrons. The summed E-state index contributed by atoms with van der Waals surface area (Å²) in [7, 11) is 0. The summed E-state index contributed by atoms with van der Waals surface area (Å²) in [5.41, 5.74) is -0.298. The van der Waals surface area contributed by atoms with Crippen LogP contribution < -0.4 is 5.32 Å². The first-order valence-electron chi connectivity index (χ1n) is 8.64. The van der Waals surface area contributed by atoms with Crippen LogP contribution in [0.4, 0.5) is 23.7 Å². The number of urea groups is 1. The van der Waals surface area contributed by atoms with Gasteiger partial charge in [-0.1, -0.05) is 13.0 Å². The van der Waals surface area contributed by atoms with Gasteiger partial charge < -0.3 is 15.3 Å². The van der Waals surface area contributed by atoms with Crippen LogP contribution in [0.2, 0.25) is 0 Å². The van der Waals surface area contributed by atoms with E-state index in [-0.39, 0.29) is 18.2 Å². The molecule has 1 fully saturated rings. The summed E-state index contributed by atoms with van der Waals surface area (Å²) >= 11 is 0. The number of hydrogen-bond acceptors (Lipinski definition) is 3. The molecule has 2 atom stereocenters. The first-order chi connectivity index (χ1) is 13.1. The molecular weight excluding hydrogens is 377 g/mol. The Hall–Kier alpha value is -3.04. The Labute approximate surface area is 158 Å². The number of hydrogen-bond donors (Lipinski definition) is 2. The van der Waals surface area contributed by atoms with Crippen molar-refractivity contribution in [2.75, 3.05) is 18.4 Å². The zero-order valence-electron chi connectivity index (χ0n) is 15.0. The molecule has 1 aromatic heterocycles. The number of benzene rings is 1. The fourth-order valence-electron chi connectivity index (χ4n) is 3.25. The number of anilines is 1. The van der Waals surface area contributed by atoms with E-state index in [1.807, 2.05) is 6.92 Å². The van der Waals surface area contributed by atoms with Gasteiger partial charge >= 0.3 is 18.2 Å². The van der Waals surface area contributed by atoms with Crippen molar-refractivity contribution in [2.24, 2.45) is 11.8 Å². The number of aliphatic carboxylic acids is 1. The summed E-state index contributed by atoms with van der Waals surface area (Å²) in [5.74, 6) is -1.52. The lowest BCUT2D eigenvalue weighted by Crippen LogP contribution is -2.47. The normalized spacial score (nSPS) is 20.1. The predicted molar refractivity (Wildman–Crippen MR) is 94.1 cm³/mol. The van der Waals surface area contributed by atoms with Gasteiger partial charge in [-0.05, 0) is 30.5 Å². The van der Waals surface area contributed by atoms with Crippen LogP contribution in [-0.2, 0) is 11.0 Å². The van der Waals surface area contributed by atoms with Crippen LogP contribution in [0.25, 0.3) is 5.69 Å². The summed E-state index contributed by atoms with van der Waals surface area (Å²) in [6, 6.07) is 4.20. The zero-order chi connectivity index (χ0) is 20.5. The SMILES string of the molecule is CC1CC(C(=O)O)CN(C(=O)Nc2cnn(-c3cccc(C(F)(F)F)c3)c2)C1. The summed E-state index contributed by atoms with van der Waals surface area (Å²) in [4.78, 5) is 25.1. The number of alkyl halides is 3. The van der Waals surface area contributed by atoms with Gasteiger partial charge in [-0.15, -0.1) is 0 Å². The van der Waals surface area contributed by atoms with Crippen LogP contribution >= 0.6 is 0 Å². The van der Waals surface area contributed by atoms with Crippen LogP contribution in [0.3, 0.4) is 0 Å². The molecule has 1 aromatic carbocycles. The Bertz CT molecular complexity index is 881. The predicted octanol–water partition coefficient (Wildman–Crippen LogP) is 3.47. The van der Waals surface area contributed by atoms with Gasteiger partial charge in [-0.25, -0.2) is 9.48 Å². The fraction of sp³-hybridized carbons (Fsp3) is 0.389. The van der Waals surface area contributed by atoms with Crippen LogP contribution in [0.15, 0.2) is 36.7 Å². The third kappa shape index (κ3) is 4.44. The molecule has 1 aliphatic heterocycles. The lowest BCUT2D eigenvalue weighted by atomic mass is 9.91. The second-order valence-electron chi connectivity index (χ2n) is 6.93. The first kappa shape index (κ1) is 19.7. The second-order valence-corrected chi connectivity index (χ2v) is 6.93. The highest BCUT2D eigenvalue weighted by molar-refractivity contribution is 5.89. The molecule has 2 heterocycles. The number of aromatic nitrogens is 2. The molecule has 1 saturated heterocycles. The molecule has 0 saturated carbocycles. The van der Waals surface area contributed by atoms with Crippen molar-refractivity contribution in [1.82, 2.24) is 14.7 Å². The standard InChI is InChI=1S/C18H19F3N4O3/c1-11-5-12(16(26)27)9-24(8-11)17(28)23-14-7-22-25(10-14)15-4-2-3-13(6-15)18(19,20)21/h2-4,6-7,10-12H,5,8-9H2,1H3,(H,23,28)(H,26,27). The molecule has 150 valence electrons. The molecule has 2 amide bonds. The lowest BCUT2D eigenvalue weighted by Gasteiger charge is -2.34. The maximum atomic E-state index is 12.9. The van der Waals surface area contributed by atoms with Gasteiger partial charge in [-0.3, -0.25) is 4.79 Å². The van der Waals surface area contributed by atoms with Crippen molar-refractivity contribution in [3.8, 4) is 5.69 Å². The smallest absolute Gasteiger partial charge is 0.416 e. The van der Waals surface area contributed by atoms with Crippen molar-refractivity contribution in [3.63, 3.8) is 0 Å². The molecule has 2 aromatic rings. The van der Waals surface area contributed by atoms with Crippen molar-refractivity contribution in [3.05, 3.63) is 42.2 Å². The number of carbonyl (C=O) groups excluding carboxylic acids is 1. The number of likely N-dealkylation sites (tertiary alicyclic amines) is 1. The molecule has 7 nitrogen and oxygen atoms in total. The summed E-state index contributed by atoms with van der Waals surface area (Å²) < 4.78 is 39.8. The van der Waals surface area contributed by atoms with Crippen molar-refractivity contribution in [2.45, 2.75) is 19.5 Å². The molecule has 1 aliphatic rings. The number of carbonyl (C=O) groups is 2. The molecule has 3 rings (SSSR count). The Morgan fingerprint density at radius 2 is 2.04 bits per heavy atom. The van der Waals surface area contributed by atoms with E-state index in [0.29, 0.717) is 18.7 Å². The third-order valence-electron chi connectivity index (χ3n) is 4.57. The van der Waals surface area contributed by atoms with E-state index < -0.39 is 29.7 Å². The van der Waals surface area contributed by atoms with Gasteiger partial charge in [0.15, 0.2) is 0 Å². The van der Waals surface area contributed by atoms with Gasteiger partial charge in [-0.2, -0.15) is 18.3 Å². The highest BCUT2D eigenvalue weighted by Crippen LogP contribution is 2.30. The van der Waals surface area contributed by atoms with Gasteiger partial charge in [0, 0.05) is 13.1 Å². The van der Waals surface area contributed by atoms with E-state index in [9.17, 15) is 27.9 Å². The van der Waals surface area contributed by atoms with Crippen LogP contribution in [0, 0.1) is 11.8 Å². The summed E-state index contributed by atoms with van der Waals surface area (Å²) in [6.07, 6.45) is -1.24. The zero-order valence-corrected chi connectivity index (χ0v) is 15.0. The average Bonchev–Trinajstić information content (AvgIpc) is 3.09. The maximum Gasteiger partial charge on any atom is 0.416 e. The van der Waals surface area contributed by atoms with Crippen molar-refractivity contribution in [1.29, 1.82) is 0 Å². The number of carboxylic acid groups (broad SMARTS) is 1. The van der Waals surface area contributed by atoms with E-state index in [1.165, 1.54) is 34.1 Å². The minimum atomic E-state index is -4.47. The maximum absolute atomic E-state index is 12.9. The first-order valence-corrected chi connectivity index (χ1v) is 8.64. The fourth-order valence-corrected chi connectivity index (χ4v) is 3.25.